The molecule has 1 N–H and O–H groups in total. The molecular weight excluding hydrogens is 356 g/mol. The predicted octanol–water partition coefficient (Wildman–Crippen LogP) is 1.24. The largest absolute Gasteiger partial charge is 0.477 e. The second-order valence-corrected chi connectivity index (χ2v) is 7.92. The molecule has 1 aliphatic heterocycles. The van der Waals surface area contributed by atoms with Crippen molar-refractivity contribution in [3.63, 3.8) is 0 Å². The van der Waals surface area contributed by atoms with Crippen LogP contribution in [0.25, 0.3) is 0 Å². The molecule has 0 fully saturated rings. The first-order chi connectivity index (χ1) is 12.3. The van der Waals surface area contributed by atoms with Crippen LogP contribution in [0.5, 0.6) is 5.75 Å². The molecule has 1 aliphatic rings. The Morgan fingerprint density at radius 2 is 1.77 bits per heavy atom. The number of carbonyl (C=O) groups is 2. The summed E-state index contributed by atoms with van der Waals surface area (Å²) in [6, 6.07) is 12.7. The third-order valence-corrected chi connectivity index (χ3v) is 5.22. The number of benzene rings is 2. The van der Waals surface area contributed by atoms with E-state index in [9.17, 15) is 18.0 Å². The van der Waals surface area contributed by atoms with Crippen LogP contribution >= 0.6 is 0 Å². The zero-order valence-electron chi connectivity index (χ0n) is 14.3. The van der Waals surface area contributed by atoms with Gasteiger partial charge in [0.2, 0.25) is 0 Å². The van der Waals surface area contributed by atoms with Crippen LogP contribution in [0.15, 0.2) is 53.4 Å². The molecule has 1 atom stereocenters. The first-order valence-electron chi connectivity index (χ1n) is 7.90. The molecule has 0 saturated heterocycles. The molecule has 0 saturated carbocycles. The van der Waals surface area contributed by atoms with Gasteiger partial charge in [-0.2, -0.15) is 0 Å². The van der Waals surface area contributed by atoms with Crippen LogP contribution in [0.4, 0.5) is 5.69 Å². The first kappa shape index (κ1) is 17.9. The fraction of sp³-hybridized carbons (Fsp3) is 0.222. The summed E-state index contributed by atoms with van der Waals surface area (Å²) in [5, 5.41) is 2.52. The van der Waals surface area contributed by atoms with Crippen molar-refractivity contribution in [3.05, 3.63) is 54.1 Å². The molecule has 2 aromatic rings. The number of nitrogens with zero attached hydrogens (tertiary/aromatic N) is 1. The number of rotatable bonds is 3. The highest BCUT2D eigenvalue weighted by molar-refractivity contribution is 7.90. The molecule has 1 heterocycles. The molecule has 0 bridgehead atoms. The Kier molecular flexibility index (Phi) is 4.69. The smallest absolute Gasteiger partial charge is 0.262 e. The minimum atomic E-state index is -3.34. The monoisotopic (exact) mass is 374 g/mol. The van der Waals surface area contributed by atoms with Gasteiger partial charge in [0.25, 0.3) is 11.8 Å². The van der Waals surface area contributed by atoms with E-state index in [0.717, 1.165) is 6.26 Å². The summed E-state index contributed by atoms with van der Waals surface area (Å²) in [4.78, 5) is 26.6. The van der Waals surface area contributed by atoms with Gasteiger partial charge in [-0.05, 0) is 36.4 Å². The lowest BCUT2D eigenvalue weighted by atomic mass is 10.1. The van der Waals surface area contributed by atoms with Crippen LogP contribution in [0.3, 0.4) is 0 Å². The van der Waals surface area contributed by atoms with Gasteiger partial charge in [0, 0.05) is 18.9 Å². The van der Waals surface area contributed by atoms with Gasteiger partial charge in [0.15, 0.2) is 15.9 Å². The molecular formula is C18H18N2O5S. The highest BCUT2D eigenvalue weighted by Gasteiger charge is 2.33. The van der Waals surface area contributed by atoms with Crippen LogP contribution < -0.4 is 15.0 Å². The first-order valence-corrected chi connectivity index (χ1v) is 9.79. The third-order valence-electron chi connectivity index (χ3n) is 4.09. The van der Waals surface area contributed by atoms with Gasteiger partial charge >= 0.3 is 0 Å². The molecule has 0 spiro atoms. The van der Waals surface area contributed by atoms with E-state index >= 15 is 0 Å². The number of fused-ring (bicyclic) bond motifs is 1. The fourth-order valence-corrected chi connectivity index (χ4v) is 3.36. The Hall–Kier alpha value is -2.87. The summed E-state index contributed by atoms with van der Waals surface area (Å²) in [5.74, 6) is -0.229. The molecule has 8 heteroatoms. The Balaban J connectivity index is 1.96. The lowest BCUT2D eigenvalue weighted by Gasteiger charge is -2.34. The standard InChI is InChI=1S/C18H18N2O5S/c1-19-17(21)16-11-20(14-5-3-4-6-15(14)25-16)18(22)12-7-9-13(10-8-12)26(2,23)24/h3-10,16H,11H2,1-2H3,(H,19,21)/t16-/m0/s1. The SMILES string of the molecule is CNC(=O)[C@@H]1CN(C(=O)c2ccc(S(C)(=O)=O)cc2)c2ccccc2O1. The van der Waals surface area contributed by atoms with Crippen LogP contribution in [0, 0.1) is 0 Å². The molecule has 0 unspecified atom stereocenters. The topological polar surface area (TPSA) is 92.8 Å². The Labute approximate surface area is 151 Å². The summed E-state index contributed by atoms with van der Waals surface area (Å²) in [5.41, 5.74) is 0.884. The van der Waals surface area contributed by atoms with Crippen molar-refractivity contribution in [2.24, 2.45) is 0 Å². The third kappa shape index (κ3) is 3.41. The van der Waals surface area contributed by atoms with Crippen molar-refractivity contribution in [3.8, 4) is 5.75 Å². The second-order valence-electron chi connectivity index (χ2n) is 5.90. The number of hydrogen-bond acceptors (Lipinski definition) is 5. The Bertz CT molecular complexity index is 954. The van der Waals surface area contributed by atoms with E-state index in [-0.39, 0.29) is 23.3 Å². The summed E-state index contributed by atoms with van der Waals surface area (Å²) in [6.07, 6.45) is 0.282. The van der Waals surface area contributed by atoms with Crippen LogP contribution in [0.2, 0.25) is 0 Å². The lowest BCUT2D eigenvalue weighted by Crippen LogP contribution is -2.50. The second kappa shape index (κ2) is 6.80. The maximum atomic E-state index is 13.0. The summed E-state index contributed by atoms with van der Waals surface area (Å²) < 4.78 is 28.8. The number of carbonyl (C=O) groups excluding carboxylic acids is 2. The molecule has 7 nitrogen and oxygen atoms in total. The molecule has 0 radical (unpaired) electrons. The average Bonchev–Trinajstić information content (AvgIpc) is 2.65. The molecule has 3 rings (SSSR count). The number of hydrogen-bond donors (Lipinski definition) is 1. The van der Waals surface area contributed by atoms with E-state index in [1.54, 1.807) is 24.3 Å². The highest BCUT2D eigenvalue weighted by atomic mass is 32.2. The number of sulfone groups is 1. The molecule has 2 aromatic carbocycles. The van der Waals surface area contributed by atoms with Crippen molar-refractivity contribution in [2.75, 3.05) is 24.7 Å². The maximum Gasteiger partial charge on any atom is 0.262 e. The summed E-state index contributed by atoms with van der Waals surface area (Å²) in [7, 11) is -1.84. The van der Waals surface area contributed by atoms with Gasteiger partial charge in [0.1, 0.15) is 5.75 Å². The molecule has 0 aromatic heterocycles. The molecule has 2 amide bonds. The van der Waals surface area contributed by atoms with E-state index in [4.69, 9.17) is 4.74 Å². The van der Waals surface area contributed by atoms with E-state index < -0.39 is 15.9 Å². The van der Waals surface area contributed by atoms with Crippen molar-refractivity contribution in [1.29, 1.82) is 0 Å². The number of likely N-dealkylation sites (N-methyl/N-ethyl adjacent to an activating group) is 1. The van der Waals surface area contributed by atoms with Crippen LogP contribution in [-0.2, 0) is 14.6 Å². The highest BCUT2D eigenvalue weighted by Crippen LogP contribution is 2.34. The van der Waals surface area contributed by atoms with Crippen molar-refractivity contribution in [1.82, 2.24) is 5.32 Å². The van der Waals surface area contributed by atoms with E-state index in [1.807, 2.05) is 0 Å². The number of anilines is 1. The van der Waals surface area contributed by atoms with Crippen molar-refractivity contribution in [2.45, 2.75) is 11.0 Å². The Morgan fingerprint density at radius 1 is 1.12 bits per heavy atom. The number of nitrogens with one attached hydrogen (secondary N) is 1. The minimum Gasteiger partial charge on any atom is -0.477 e. The molecule has 26 heavy (non-hydrogen) atoms. The number of para-hydroxylation sites is 2. The van der Waals surface area contributed by atoms with Crippen LogP contribution in [0.1, 0.15) is 10.4 Å². The van der Waals surface area contributed by atoms with E-state index in [1.165, 1.54) is 36.2 Å². The van der Waals surface area contributed by atoms with Crippen molar-refractivity contribution >= 4 is 27.3 Å². The zero-order valence-corrected chi connectivity index (χ0v) is 15.1. The van der Waals surface area contributed by atoms with Gasteiger partial charge in [-0.3, -0.25) is 9.59 Å². The fourth-order valence-electron chi connectivity index (χ4n) is 2.72. The van der Waals surface area contributed by atoms with Gasteiger partial charge in [0.05, 0.1) is 17.1 Å². The normalized spacial score (nSPS) is 16.4. The van der Waals surface area contributed by atoms with Crippen LogP contribution in [-0.4, -0.2) is 46.2 Å². The minimum absolute atomic E-state index is 0.0589. The van der Waals surface area contributed by atoms with Gasteiger partial charge in [-0.15, -0.1) is 0 Å². The van der Waals surface area contributed by atoms with E-state index in [0.29, 0.717) is 17.0 Å². The molecule has 136 valence electrons. The number of ether oxygens (including phenoxy) is 1. The quantitative estimate of drug-likeness (QED) is 0.873. The molecule has 0 aliphatic carbocycles. The average molecular weight is 374 g/mol. The Morgan fingerprint density at radius 3 is 2.38 bits per heavy atom. The predicted molar refractivity (Wildman–Crippen MR) is 96.2 cm³/mol. The number of amides is 2. The lowest BCUT2D eigenvalue weighted by molar-refractivity contribution is -0.127. The zero-order chi connectivity index (χ0) is 18.9. The van der Waals surface area contributed by atoms with Gasteiger partial charge in [-0.1, -0.05) is 12.1 Å². The summed E-state index contributed by atoms with van der Waals surface area (Å²) >= 11 is 0. The van der Waals surface area contributed by atoms with Gasteiger partial charge in [-0.25, -0.2) is 8.42 Å². The van der Waals surface area contributed by atoms with E-state index in [2.05, 4.69) is 5.32 Å². The van der Waals surface area contributed by atoms with Gasteiger partial charge < -0.3 is 15.0 Å². The van der Waals surface area contributed by atoms with Crippen molar-refractivity contribution < 1.29 is 22.7 Å². The maximum absolute atomic E-state index is 13.0. The summed E-state index contributed by atoms with van der Waals surface area (Å²) in [6.45, 7) is 0.0589.